The quantitative estimate of drug-likeness (QED) is 0.546. The van der Waals surface area contributed by atoms with Gasteiger partial charge in [0, 0.05) is 38.3 Å². The molecule has 1 fully saturated rings. The van der Waals surface area contributed by atoms with Gasteiger partial charge in [-0.1, -0.05) is 36.4 Å². The minimum absolute atomic E-state index is 0.0332. The molecule has 2 aliphatic rings. The van der Waals surface area contributed by atoms with Crippen LogP contribution in [0.1, 0.15) is 54.1 Å². The number of carbonyl (C=O) groups is 3. The summed E-state index contributed by atoms with van der Waals surface area (Å²) in [6, 6.07) is 17.3. The van der Waals surface area contributed by atoms with Gasteiger partial charge in [-0.05, 0) is 49.1 Å². The zero-order chi connectivity index (χ0) is 24.4. The van der Waals surface area contributed by atoms with Crippen LogP contribution in [0.3, 0.4) is 0 Å². The van der Waals surface area contributed by atoms with Gasteiger partial charge in [0.2, 0.25) is 11.8 Å². The van der Waals surface area contributed by atoms with Crippen LogP contribution in [0, 0.1) is 0 Å². The number of carbonyl (C=O) groups excluding carboxylic acids is 3. The maximum absolute atomic E-state index is 13.3. The van der Waals surface area contributed by atoms with Crippen LogP contribution in [0.5, 0.6) is 0 Å². The number of rotatable bonds is 8. The van der Waals surface area contributed by atoms with E-state index in [4.69, 9.17) is 0 Å². The van der Waals surface area contributed by atoms with Crippen molar-refractivity contribution in [3.8, 4) is 0 Å². The van der Waals surface area contributed by atoms with E-state index in [9.17, 15) is 14.4 Å². The van der Waals surface area contributed by atoms with E-state index in [2.05, 4.69) is 10.4 Å². The van der Waals surface area contributed by atoms with Crippen LogP contribution in [0.2, 0.25) is 0 Å². The molecule has 0 aliphatic carbocycles. The Hall–Kier alpha value is -3.94. The molecule has 5 rings (SSSR count). The van der Waals surface area contributed by atoms with Crippen molar-refractivity contribution >= 4 is 23.4 Å². The van der Waals surface area contributed by atoms with Gasteiger partial charge in [0.15, 0.2) is 0 Å². The molecule has 1 atom stereocenters. The lowest BCUT2D eigenvalue weighted by atomic mass is 9.98. The molecule has 35 heavy (non-hydrogen) atoms. The molecule has 2 aromatic carbocycles. The lowest BCUT2D eigenvalue weighted by Crippen LogP contribution is -2.62. The summed E-state index contributed by atoms with van der Waals surface area (Å²) >= 11 is 0. The monoisotopic (exact) mass is 471 g/mol. The first-order valence-electron chi connectivity index (χ1n) is 12.0. The van der Waals surface area contributed by atoms with Crippen molar-refractivity contribution in [3.63, 3.8) is 0 Å². The topological polar surface area (TPSA) is 87.5 Å². The molecule has 1 saturated heterocycles. The van der Waals surface area contributed by atoms with Gasteiger partial charge < -0.3 is 10.2 Å². The van der Waals surface area contributed by atoms with Crippen molar-refractivity contribution in [1.82, 2.24) is 20.0 Å². The molecule has 8 heteroatoms. The van der Waals surface area contributed by atoms with Crippen molar-refractivity contribution in [3.05, 3.63) is 83.7 Å². The Morgan fingerprint density at radius 1 is 1.06 bits per heavy atom. The Morgan fingerprint density at radius 3 is 2.60 bits per heavy atom. The van der Waals surface area contributed by atoms with Gasteiger partial charge in [-0.2, -0.15) is 5.10 Å². The summed E-state index contributed by atoms with van der Waals surface area (Å²) in [6.07, 6.45) is 5.53. The van der Waals surface area contributed by atoms with E-state index in [0.717, 1.165) is 11.1 Å². The standard InChI is InChI=1S/C27H29N5O3/c1-27-14-13-25(34)32(27)23-7-3-2-6-22(23)26(35)31(27)17-4-8-24(33)28-18-20-9-11-21(12-10-20)19-30-16-5-15-29-30/h2-3,5-7,9-12,15-16H,4,8,13-14,17-19H2,1H3,(H,28,33). The smallest absolute Gasteiger partial charge is 0.257 e. The summed E-state index contributed by atoms with van der Waals surface area (Å²) in [5.41, 5.74) is 2.71. The van der Waals surface area contributed by atoms with E-state index in [1.807, 2.05) is 66.3 Å². The molecule has 2 aliphatic heterocycles. The molecule has 1 unspecified atom stereocenters. The summed E-state index contributed by atoms with van der Waals surface area (Å²) in [5.74, 6) is -0.101. The van der Waals surface area contributed by atoms with E-state index in [1.54, 1.807) is 22.1 Å². The van der Waals surface area contributed by atoms with Crippen molar-refractivity contribution in [1.29, 1.82) is 0 Å². The van der Waals surface area contributed by atoms with Crippen LogP contribution >= 0.6 is 0 Å². The predicted octanol–water partition coefficient (Wildman–Crippen LogP) is 3.33. The summed E-state index contributed by atoms with van der Waals surface area (Å²) in [7, 11) is 0. The summed E-state index contributed by atoms with van der Waals surface area (Å²) in [6.45, 7) is 3.53. The molecular weight excluding hydrogens is 442 g/mol. The normalized spacial score (nSPS) is 19.0. The zero-order valence-corrected chi connectivity index (χ0v) is 19.8. The minimum atomic E-state index is -0.684. The van der Waals surface area contributed by atoms with Crippen LogP contribution in [0.15, 0.2) is 67.0 Å². The third-order valence-electron chi connectivity index (χ3n) is 6.95. The zero-order valence-electron chi connectivity index (χ0n) is 19.8. The number of aromatic nitrogens is 2. The second-order valence-electron chi connectivity index (χ2n) is 9.32. The van der Waals surface area contributed by atoms with E-state index < -0.39 is 5.66 Å². The summed E-state index contributed by atoms with van der Waals surface area (Å²) < 4.78 is 1.86. The first-order valence-corrected chi connectivity index (χ1v) is 12.0. The lowest BCUT2D eigenvalue weighted by molar-refractivity contribution is -0.121. The fourth-order valence-electron chi connectivity index (χ4n) is 5.07. The molecule has 0 bridgehead atoms. The Morgan fingerprint density at radius 2 is 1.83 bits per heavy atom. The third-order valence-corrected chi connectivity index (χ3v) is 6.95. The maximum atomic E-state index is 13.3. The highest BCUT2D eigenvalue weighted by atomic mass is 16.2. The molecule has 0 spiro atoms. The number of hydrogen-bond acceptors (Lipinski definition) is 4. The number of nitrogens with zero attached hydrogens (tertiary/aromatic N) is 4. The number of anilines is 1. The fourth-order valence-corrected chi connectivity index (χ4v) is 5.07. The molecular formula is C27H29N5O3. The SMILES string of the molecule is CC12CCC(=O)N1c1ccccc1C(=O)N2CCCC(=O)NCc1ccc(Cn2cccn2)cc1. The van der Waals surface area contributed by atoms with E-state index in [1.165, 1.54) is 0 Å². The number of benzene rings is 2. The van der Waals surface area contributed by atoms with Gasteiger partial charge in [0.1, 0.15) is 5.66 Å². The van der Waals surface area contributed by atoms with E-state index in [0.29, 0.717) is 56.6 Å². The molecule has 0 saturated carbocycles. The van der Waals surface area contributed by atoms with Crippen LogP contribution < -0.4 is 10.2 Å². The average molecular weight is 472 g/mol. The largest absolute Gasteiger partial charge is 0.352 e. The first kappa shape index (κ1) is 22.8. The van der Waals surface area contributed by atoms with Gasteiger partial charge >= 0.3 is 0 Å². The third kappa shape index (κ3) is 4.43. The molecule has 3 aromatic rings. The molecule has 0 radical (unpaired) electrons. The Bertz CT molecular complexity index is 1240. The van der Waals surface area contributed by atoms with Crippen LogP contribution in [0.25, 0.3) is 0 Å². The lowest BCUT2D eigenvalue weighted by Gasteiger charge is -2.48. The molecule has 1 N–H and O–H groups in total. The Balaban J connectivity index is 1.14. The second kappa shape index (κ2) is 9.37. The number of para-hydroxylation sites is 1. The highest BCUT2D eigenvalue weighted by Gasteiger charge is 2.52. The van der Waals surface area contributed by atoms with E-state index >= 15 is 0 Å². The highest BCUT2D eigenvalue weighted by Crippen LogP contribution is 2.44. The van der Waals surface area contributed by atoms with Gasteiger partial charge in [-0.25, -0.2) is 0 Å². The number of amides is 3. The molecule has 1 aromatic heterocycles. The highest BCUT2D eigenvalue weighted by molar-refractivity contribution is 6.10. The first-order chi connectivity index (χ1) is 17.0. The second-order valence-corrected chi connectivity index (χ2v) is 9.32. The summed E-state index contributed by atoms with van der Waals surface area (Å²) in [4.78, 5) is 41.9. The minimum Gasteiger partial charge on any atom is -0.352 e. The van der Waals surface area contributed by atoms with Crippen LogP contribution in [-0.2, 0) is 22.7 Å². The number of fused-ring (bicyclic) bond motifs is 3. The maximum Gasteiger partial charge on any atom is 0.257 e. The van der Waals surface area contributed by atoms with Crippen molar-refractivity contribution in [2.75, 3.05) is 11.4 Å². The van der Waals surface area contributed by atoms with Gasteiger partial charge in [-0.3, -0.25) is 24.0 Å². The van der Waals surface area contributed by atoms with E-state index in [-0.39, 0.29) is 17.7 Å². The Kier molecular flexibility index (Phi) is 6.11. The number of nitrogens with one attached hydrogen (secondary N) is 1. The van der Waals surface area contributed by atoms with Crippen molar-refractivity contribution < 1.29 is 14.4 Å². The molecule has 3 amide bonds. The van der Waals surface area contributed by atoms with Crippen LogP contribution in [-0.4, -0.2) is 44.6 Å². The van der Waals surface area contributed by atoms with Gasteiger partial charge in [-0.15, -0.1) is 0 Å². The molecule has 8 nitrogen and oxygen atoms in total. The van der Waals surface area contributed by atoms with Crippen molar-refractivity contribution in [2.24, 2.45) is 0 Å². The van der Waals surface area contributed by atoms with Crippen molar-refractivity contribution in [2.45, 2.75) is 51.4 Å². The average Bonchev–Trinajstić information content (AvgIpc) is 3.48. The molecule has 3 heterocycles. The van der Waals surface area contributed by atoms with Gasteiger partial charge in [0.25, 0.3) is 5.91 Å². The molecule has 180 valence electrons. The number of hydrogen-bond donors (Lipinski definition) is 1. The van der Waals surface area contributed by atoms with Gasteiger partial charge in [0.05, 0.1) is 17.8 Å². The Labute approximate surface area is 204 Å². The predicted molar refractivity (Wildman–Crippen MR) is 131 cm³/mol. The fraction of sp³-hybridized carbons (Fsp3) is 0.333. The summed E-state index contributed by atoms with van der Waals surface area (Å²) in [5, 5.41) is 7.18. The van der Waals surface area contributed by atoms with Crippen LogP contribution in [0.4, 0.5) is 5.69 Å².